The number of nitrogens with zero attached hydrogens (tertiary/aromatic N) is 1. The molecule has 0 amide bonds. The second-order valence-electron chi connectivity index (χ2n) is 4.64. The van der Waals surface area contributed by atoms with E-state index in [1.54, 1.807) is 11.3 Å². The predicted octanol–water partition coefficient (Wildman–Crippen LogP) is 4.24. The van der Waals surface area contributed by atoms with Crippen molar-refractivity contribution in [1.29, 1.82) is 0 Å². The van der Waals surface area contributed by atoms with Crippen molar-refractivity contribution in [2.24, 2.45) is 0 Å². The van der Waals surface area contributed by atoms with E-state index in [-0.39, 0.29) is 0 Å². The molecule has 2 aromatic carbocycles. The summed E-state index contributed by atoms with van der Waals surface area (Å²) in [5.41, 5.74) is 1.19. The number of nitrogens with one attached hydrogen (secondary N) is 1. The summed E-state index contributed by atoms with van der Waals surface area (Å²) in [5, 5.41) is 6.86. The van der Waals surface area contributed by atoms with E-state index in [0.29, 0.717) is 6.04 Å². The molecule has 0 fully saturated rings. The highest BCUT2D eigenvalue weighted by atomic mass is 32.1. The van der Waals surface area contributed by atoms with Gasteiger partial charge in [-0.05, 0) is 30.8 Å². The molecule has 19 heavy (non-hydrogen) atoms. The summed E-state index contributed by atoms with van der Waals surface area (Å²) in [7, 11) is 1.97. The van der Waals surface area contributed by atoms with Gasteiger partial charge in [-0.1, -0.05) is 36.4 Å². The molecule has 3 aromatic rings. The van der Waals surface area contributed by atoms with E-state index in [1.165, 1.54) is 21.2 Å². The lowest BCUT2D eigenvalue weighted by Crippen LogP contribution is -2.10. The predicted molar refractivity (Wildman–Crippen MR) is 82.5 cm³/mol. The maximum Gasteiger partial charge on any atom is 0.123 e. The van der Waals surface area contributed by atoms with Crippen molar-refractivity contribution >= 4 is 22.1 Å². The zero-order valence-electron chi connectivity index (χ0n) is 11.1. The maximum absolute atomic E-state index is 4.54. The fourth-order valence-corrected chi connectivity index (χ4v) is 3.06. The molecule has 0 saturated carbocycles. The molecule has 3 heteroatoms. The normalized spacial score (nSPS) is 12.7. The van der Waals surface area contributed by atoms with Crippen molar-refractivity contribution < 1.29 is 0 Å². The zero-order chi connectivity index (χ0) is 13.2. The van der Waals surface area contributed by atoms with Crippen LogP contribution in [0.2, 0.25) is 0 Å². The smallest absolute Gasteiger partial charge is 0.123 e. The molecule has 0 radical (unpaired) electrons. The van der Waals surface area contributed by atoms with Crippen LogP contribution in [-0.4, -0.2) is 12.0 Å². The Hall–Kier alpha value is -1.71. The van der Waals surface area contributed by atoms with Gasteiger partial charge in [-0.2, -0.15) is 0 Å². The summed E-state index contributed by atoms with van der Waals surface area (Å²) >= 11 is 1.75. The van der Waals surface area contributed by atoms with Crippen LogP contribution in [0, 0.1) is 0 Å². The summed E-state index contributed by atoms with van der Waals surface area (Å²) < 4.78 is 0. The van der Waals surface area contributed by atoms with Crippen molar-refractivity contribution in [2.45, 2.75) is 13.0 Å². The van der Waals surface area contributed by atoms with Crippen LogP contribution >= 0.6 is 11.3 Å². The van der Waals surface area contributed by atoms with Crippen LogP contribution in [0.3, 0.4) is 0 Å². The third-order valence-corrected chi connectivity index (χ3v) is 4.61. The van der Waals surface area contributed by atoms with Gasteiger partial charge in [-0.3, -0.25) is 0 Å². The van der Waals surface area contributed by atoms with Crippen molar-refractivity contribution in [3.05, 3.63) is 53.5 Å². The topological polar surface area (TPSA) is 24.9 Å². The lowest BCUT2D eigenvalue weighted by Gasteiger charge is -2.05. The summed E-state index contributed by atoms with van der Waals surface area (Å²) in [6.45, 7) is 2.15. The molecule has 1 unspecified atom stereocenters. The average molecular weight is 268 g/mol. The molecule has 0 aliphatic heterocycles. The summed E-state index contributed by atoms with van der Waals surface area (Å²) in [5.74, 6) is 0. The minimum absolute atomic E-state index is 0.353. The summed E-state index contributed by atoms with van der Waals surface area (Å²) in [6.07, 6.45) is 1.97. The van der Waals surface area contributed by atoms with Crippen LogP contribution < -0.4 is 5.32 Å². The van der Waals surface area contributed by atoms with Crippen LogP contribution in [0.4, 0.5) is 0 Å². The third-order valence-electron chi connectivity index (χ3n) is 3.38. The van der Waals surface area contributed by atoms with Crippen LogP contribution in [0.25, 0.3) is 21.3 Å². The van der Waals surface area contributed by atoms with Crippen LogP contribution in [0.5, 0.6) is 0 Å². The Morgan fingerprint density at radius 1 is 1.11 bits per heavy atom. The second-order valence-corrected chi connectivity index (χ2v) is 5.70. The Labute approximate surface area is 117 Å². The Bertz CT molecular complexity index is 703. The van der Waals surface area contributed by atoms with Gasteiger partial charge in [0.25, 0.3) is 0 Å². The number of thiazole rings is 1. The Morgan fingerprint density at radius 2 is 1.89 bits per heavy atom. The largest absolute Gasteiger partial charge is 0.312 e. The van der Waals surface area contributed by atoms with E-state index in [0.717, 1.165) is 5.01 Å². The van der Waals surface area contributed by atoms with Crippen LogP contribution in [0.15, 0.2) is 48.7 Å². The molecule has 3 rings (SSSR count). The molecule has 0 bridgehead atoms. The van der Waals surface area contributed by atoms with E-state index in [2.05, 4.69) is 59.7 Å². The molecule has 2 nitrogen and oxygen atoms in total. The first-order valence-electron chi connectivity index (χ1n) is 6.40. The molecule has 1 N–H and O–H groups in total. The van der Waals surface area contributed by atoms with Gasteiger partial charge in [-0.15, -0.1) is 11.3 Å². The fourth-order valence-electron chi connectivity index (χ4n) is 2.08. The number of fused-ring (bicyclic) bond motifs is 1. The van der Waals surface area contributed by atoms with E-state index >= 15 is 0 Å². The highest BCUT2D eigenvalue weighted by molar-refractivity contribution is 7.15. The molecule has 0 aliphatic carbocycles. The number of benzene rings is 2. The lowest BCUT2D eigenvalue weighted by atomic mass is 10.1. The summed E-state index contributed by atoms with van der Waals surface area (Å²) in [6, 6.07) is 15.3. The van der Waals surface area contributed by atoms with Crippen LogP contribution in [0.1, 0.15) is 17.8 Å². The SMILES string of the molecule is CNC(C)c1cnc(-c2ccc3ccccc3c2)s1. The quantitative estimate of drug-likeness (QED) is 0.768. The van der Waals surface area contributed by atoms with Gasteiger partial charge in [0.1, 0.15) is 5.01 Å². The van der Waals surface area contributed by atoms with Crippen molar-refractivity contribution in [3.63, 3.8) is 0 Å². The van der Waals surface area contributed by atoms with E-state index in [4.69, 9.17) is 0 Å². The number of hydrogen-bond donors (Lipinski definition) is 1. The maximum atomic E-state index is 4.54. The highest BCUT2D eigenvalue weighted by Crippen LogP contribution is 2.30. The van der Waals surface area contributed by atoms with E-state index in [1.807, 2.05) is 13.2 Å². The molecule has 1 atom stereocenters. The molecule has 1 heterocycles. The fraction of sp³-hybridized carbons (Fsp3) is 0.188. The number of hydrogen-bond acceptors (Lipinski definition) is 3. The van der Waals surface area contributed by atoms with Gasteiger partial charge in [-0.25, -0.2) is 4.98 Å². The van der Waals surface area contributed by atoms with E-state index in [9.17, 15) is 0 Å². The van der Waals surface area contributed by atoms with E-state index < -0.39 is 0 Å². The molecule has 0 saturated heterocycles. The molecule has 96 valence electrons. The van der Waals surface area contributed by atoms with Gasteiger partial charge >= 0.3 is 0 Å². The van der Waals surface area contributed by atoms with Crippen molar-refractivity contribution in [2.75, 3.05) is 7.05 Å². The van der Waals surface area contributed by atoms with Gasteiger partial charge < -0.3 is 5.32 Å². The monoisotopic (exact) mass is 268 g/mol. The minimum atomic E-state index is 0.353. The first-order valence-corrected chi connectivity index (χ1v) is 7.22. The number of aromatic nitrogens is 1. The molecular weight excluding hydrogens is 252 g/mol. The Morgan fingerprint density at radius 3 is 2.68 bits per heavy atom. The van der Waals surface area contributed by atoms with Crippen LogP contribution in [-0.2, 0) is 0 Å². The average Bonchev–Trinajstić information content (AvgIpc) is 2.95. The second kappa shape index (κ2) is 5.11. The Kier molecular flexibility index (Phi) is 3.32. The molecule has 1 aromatic heterocycles. The van der Waals surface area contributed by atoms with Crippen molar-refractivity contribution in [1.82, 2.24) is 10.3 Å². The van der Waals surface area contributed by atoms with Crippen molar-refractivity contribution in [3.8, 4) is 10.6 Å². The first kappa shape index (κ1) is 12.3. The third kappa shape index (κ3) is 2.39. The zero-order valence-corrected chi connectivity index (χ0v) is 11.9. The number of rotatable bonds is 3. The Balaban J connectivity index is 2.01. The molecule has 0 spiro atoms. The standard InChI is InChI=1S/C16H16N2S/c1-11(17-2)15-10-18-16(19-15)14-8-7-12-5-3-4-6-13(12)9-14/h3-11,17H,1-2H3. The molecule has 0 aliphatic rings. The first-order chi connectivity index (χ1) is 9.28. The van der Waals surface area contributed by atoms with Gasteiger partial charge in [0.05, 0.1) is 0 Å². The summed E-state index contributed by atoms with van der Waals surface area (Å²) in [4.78, 5) is 5.81. The molecular formula is C16H16N2S. The lowest BCUT2D eigenvalue weighted by molar-refractivity contribution is 0.662. The van der Waals surface area contributed by atoms with Gasteiger partial charge in [0.15, 0.2) is 0 Å². The van der Waals surface area contributed by atoms with Gasteiger partial charge in [0, 0.05) is 22.7 Å². The highest BCUT2D eigenvalue weighted by Gasteiger charge is 2.09. The van der Waals surface area contributed by atoms with Gasteiger partial charge in [0.2, 0.25) is 0 Å². The minimum Gasteiger partial charge on any atom is -0.312 e.